The molecule has 0 unspecified atom stereocenters. The standard InChI is InChI=1S/C18H18FN3OS2/c1-9-5-6-13(7-14(9)19)22-16(23)12(4)25-18-15-10(2)11(3)24-17(15)20-8-21-18/h5-8,12H,1-4H3,(H,22,23)/t12-/m1/s1. The molecule has 1 atom stereocenters. The molecular weight excluding hydrogens is 357 g/mol. The van der Waals surface area contributed by atoms with E-state index in [9.17, 15) is 9.18 Å². The molecule has 4 nitrogen and oxygen atoms in total. The Balaban J connectivity index is 1.79. The second-order valence-electron chi connectivity index (χ2n) is 5.86. The van der Waals surface area contributed by atoms with E-state index >= 15 is 0 Å². The van der Waals surface area contributed by atoms with Crippen molar-refractivity contribution in [3.8, 4) is 0 Å². The van der Waals surface area contributed by atoms with E-state index < -0.39 is 0 Å². The minimum atomic E-state index is -0.373. The van der Waals surface area contributed by atoms with Gasteiger partial charge in [0.2, 0.25) is 5.91 Å². The monoisotopic (exact) mass is 375 g/mol. The van der Waals surface area contributed by atoms with E-state index in [1.54, 1.807) is 30.4 Å². The molecule has 0 bridgehead atoms. The summed E-state index contributed by atoms with van der Waals surface area (Å²) in [7, 11) is 0. The fourth-order valence-electron chi connectivity index (χ4n) is 2.37. The van der Waals surface area contributed by atoms with Crippen molar-refractivity contribution >= 4 is 44.9 Å². The van der Waals surface area contributed by atoms with Crippen LogP contribution in [0.1, 0.15) is 22.9 Å². The number of benzene rings is 1. The molecule has 1 aromatic carbocycles. The molecule has 3 rings (SSSR count). The summed E-state index contributed by atoms with van der Waals surface area (Å²) in [4.78, 5) is 23.2. The molecule has 2 aromatic heterocycles. The summed E-state index contributed by atoms with van der Waals surface area (Å²) < 4.78 is 13.6. The summed E-state index contributed by atoms with van der Waals surface area (Å²) in [6.07, 6.45) is 1.53. The van der Waals surface area contributed by atoms with Crippen molar-refractivity contribution in [2.24, 2.45) is 0 Å². The lowest BCUT2D eigenvalue weighted by atomic mass is 10.2. The number of carbonyl (C=O) groups excluding carboxylic acids is 1. The van der Waals surface area contributed by atoms with Gasteiger partial charge in [-0.05, 0) is 51.0 Å². The first-order valence-electron chi connectivity index (χ1n) is 7.81. The summed E-state index contributed by atoms with van der Waals surface area (Å²) >= 11 is 3.01. The zero-order chi connectivity index (χ0) is 18.1. The van der Waals surface area contributed by atoms with Crippen LogP contribution in [0.5, 0.6) is 0 Å². The lowest BCUT2D eigenvalue weighted by Crippen LogP contribution is -2.22. The number of fused-ring (bicyclic) bond motifs is 1. The molecule has 0 saturated heterocycles. The molecular formula is C18H18FN3OS2. The molecule has 0 aliphatic rings. The van der Waals surface area contributed by atoms with Gasteiger partial charge in [0.05, 0.1) is 5.25 Å². The molecule has 0 aliphatic heterocycles. The highest BCUT2D eigenvalue weighted by Crippen LogP contribution is 2.36. The number of aryl methyl sites for hydroxylation is 3. The number of amides is 1. The number of halogens is 1. The third-order valence-corrected chi connectivity index (χ3v) is 6.24. The molecule has 3 aromatic rings. The Labute approximate surface area is 153 Å². The van der Waals surface area contributed by atoms with Crippen molar-refractivity contribution in [1.82, 2.24) is 9.97 Å². The van der Waals surface area contributed by atoms with E-state index in [1.807, 2.05) is 13.8 Å². The first-order valence-corrected chi connectivity index (χ1v) is 9.51. The van der Waals surface area contributed by atoms with E-state index in [2.05, 4.69) is 22.2 Å². The summed E-state index contributed by atoms with van der Waals surface area (Å²) in [5.74, 6) is -0.524. The minimum Gasteiger partial charge on any atom is -0.325 e. The molecule has 1 amide bonds. The molecule has 1 N–H and O–H groups in total. The topological polar surface area (TPSA) is 54.9 Å². The quantitative estimate of drug-likeness (QED) is 0.522. The van der Waals surface area contributed by atoms with E-state index in [1.165, 1.54) is 29.0 Å². The summed E-state index contributed by atoms with van der Waals surface area (Å²) in [5, 5.41) is 4.19. The maximum absolute atomic E-state index is 13.6. The van der Waals surface area contributed by atoms with Crippen LogP contribution in [0.15, 0.2) is 29.6 Å². The molecule has 130 valence electrons. The first kappa shape index (κ1) is 17.8. The maximum atomic E-state index is 13.6. The Morgan fingerprint density at radius 2 is 2.04 bits per heavy atom. The maximum Gasteiger partial charge on any atom is 0.237 e. The number of anilines is 1. The van der Waals surface area contributed by atoms with Gasteiger partial charge in [0, 0.05) is 16.0 Å². The smallest absolute Gasteiger partial charge is 0.237 e. The van der Waals surface area contributed by atoms with E-state index in [0.717, 1.165) is 20.8 Å². The summed E-state index contributed by atoms with van der Waals surface area (Å²) in [5.41, 5.74) is 2.15. The molecule has 0 fully saturated rings. The Hall–Kier alpha value is -1.99. The van der Waals surface area contributed by atoms with Gasteiger partial charge in [-0.15, -0.1) is 11.3 Å². The first-order chi connectivity index (χ1) is 11.9. The minimum absolute atomic E-state index is 0.190. The third-order valence-electron chi connectivity index (χ3n) is 4.03. The van der Waals surface area contributed by atoms with Gasteiger partial charge in [-0.3, -0.25) is 4.79 Å². The predicted octanol–water partition coefficient (Wildman–Crippen LogP) is 4.87. The number of hydrogen-bond acceptors (Lipinski definition) is 5. The van der Waals surface area contributed by atoms with Gasteiger partial charge in [0.15, 0.2) is 0 Å². The number of nitrogens with zero attached hydrogens (tertiary/aromatic N) is 2. The van der Waals surface area contributed by atoms with Crippen LogP contribution < -0.4 is 5.32 Å². The number of thioether (sulfide) groups is 1. The highest BCUT2D eigenvalue weighted by atomic mass is 32.2. The van der Waals surface area contributed by atoms with Gasteiger partial charge in [-0.25, -0.2) is 14.4 Å². The Bertz CT molecular complexity index is 955. The van der Waals surface area contributed by atoms with Crippen LogP contribution in [-0.2, 0) is 4.79 Å². The molecule has 7 heteroatoms. The molecule has 25 heavy (non-hydrogen) atoms. The molecule has 0 spiro atoms. The summed E-state index contributed by atoms with van der Waals surface area (Å²) in [6.45, 7) is 7.59. The number of carbonyl (C=O) groups is 1. The van der Waals surface area contributed by atoms with E-state index in [0.29, 0.717) is 11.3 Å². The van der Waals surface area contributed by atoms with Gasteiger partial charge >= 0.3 is 0 Å². The Morgan fingerprint density at radius 3 is 2.76 bits per heavy atom. The normalized spacial score (nSPS) is 12.4. The number of rotatable bonds is 4. The molecule has 2 heterocycles. The zero-order valence-corrected chi connectivity index (χ0v) is 16.0. The summed E-state index contributed by atoms with van der Waals surface area (Å²) in [6, 6.07) is 4.68. The van der Waals surface area contributed by atoms with Crippen LogP contribution >= 0.6 is 23.1 Å². The Morgan fingerprint density at radius 1 is 1.28 bits per heavy atom. The van der Waals surface area contributed by atoms with Crippen LogP contribution in [0, 0.1) is 26.6 Å². The van der Waals surface area contributed by atoms with Crippen LogP contribution in [-0.4, -0.2) is 21.1 Å². The fourth-order valence-corrected chi connectivity index (χ4v) is 4.41. The molecule has 0 radical (unpaired) electrons. The second kappa shape index (κ2) is 7.09. The van der Waals surface area contributed by atoms with Gasteiger partial charge in [0.25, 0.3) is 0 Å². The van der Waals surface area contributed by atoms with E-state index in [4.69, 9.17) is 0 Å². The van der Waals surface area contributed by atoms with Crippen LogP contribution in [0.2, 0.25) is 0 Å². The highest BCUT2D eigenvalue weighted by Gasteiger charge is 2.19. The lowest BCUT2D eigenvalue weighted by molar-refractivity contribution is -0.115. The van der Waals surface area contributed by atoms with E-state index in [-0.39, 0.29) is 17.0 Å². The largest absolute Gasteiger partial charge is 0.325 e. The lowest BCUT2D eigenvalue weighted by Gasteiger charge is -2.12. The zero-order valence-electron chi connectivity index (χ0n) is 14.4. The fraction of sp³-hybridized carbons (Fsp3) is 0.278. The number of nitrogens with one attached hydrogen (secondary N) is 1. The van der Waals surface area contributed by atoms with Crippen molar-refractivity contribution in [1.29, 1.82) is 0 Å². The second-order valence-corrected chi connectivity index (χ2v) is 8.39. The van der Waals surface area contributed by atoms with Crippen molar-refractivity contribution < 1.29 is 9.18 Å². The number of hydrogen-bond donors (Lipinski definition) is 1. The van der Waals surface area contributed by atoms with Gasteiger partial charge in [-0.1, -0.05) is 17.8 Å². The SMILES string of the molecule is Cc1ccc(NC(=O)[C@@H](C)Sc2ncnc3sc(C)c(C)c23)cc1F. The average Bonchev–Trinajstić information content (AvgIpc) is 2.86. The highest BCUT2D eigenvalue weighted by molar-refractivity contribution is 8.00. The molecule has 0 aliphatic carbocycles. The van der Waals surface area contributed by atoms with Gasteiger partial charge in [0.1, 0.15) is 22.0 Å². The van der Waals surface area contributed by atoms with Crippen LogP contribution in [0.3, 0.4) is 0 Å². The Kier molecular flexibility index (Phi) is 5.06. The van der Waals surface area contributed by atoms with Crippen molar-refractivity contribution in [3.63, 3.8) is 0 Å². The van der Waals surface area contributed by atoms with Crippen molar-refractivity contribution in [3.05, 3.63) is 46.3 Å². The van der Waals surface area contributed by atoms with Crippen LogP contribution in [0.25, 0.3) is 10.2 Å². The van der Waals surface area contributed by atoms with Crippen LogP contribution in [0.4, 0.5) is 10.1 Å². The van der Waals surface area contributed by atoms with Crippen molar-refractivity contribution in [2.45, 2.75) is 38.0 Å². The third kappa shape index (κ3) is 3.67. The van der Waals surface area contributed by atoms with Crippen molar-refractivity contribution in [2.75, 3.05) is 5.32 Å². The average molecular weight is 375 g/mol. The predicted molar refractivity (Wildman–Crippen MR) is 102 cm³/mol. The number of aromatic nitrogens is 2. The molecule has 0 saturated carbocycles. The van der Waals surface area contributed by atoms with Gasteiger partial charge in [-0.2, -0.15) is 0 Å². The number of thiophene rings is 1. The van der Waals surface area contributed by atoms with Gasteiger partial charge < -0.3 is 5.32 Å².